The Morgan fingerprint density at radius 1 is 1.40 bits per heavy atom. The second-order valence-electron chi connectivity index (χ2n) is 4.22. The number of amides is 1. The zero-order chi connectivity index (χ0) is 12.0. The molecule has 4 nitrogen and oxygen atoms in total. The minimum atomic E-state index is -0.198. The maximum atomic E-state index is 11.7. The molecule has 0 aliphatic rings. The van der Waals surface area contributed by atoms with Gasteiger partial charge >= 0.3 is 0 Å². The average molecular weight is 211 g/mol. The van der Waals surface area contributed by atoms with Gasteiger partial charge in [-0.1, -0.05) is 0 Å². The van der Waals surface area contributed by atoms with Crippen LogP contribution in [0.2, 0.25) is 0 Å². The molecule has 2 unspecified atom stereocenters. The summed E-state index contributed by atoms with van der Waals surface area (Å²) in [7, 11) is 1.87. The number of likely N-dealkylation sites (N-methyl/N-ethyl adjacent to an activating group) is 1. The van der Waals surface area contributed by atoms with E-state index >= 15 is 0 Å². The summed E-state index contributed by atoms with van der Waals surface area (Å²) in [5, 5.41) is 11.4. The van der Waals surface area contributed by atoms with Crippen LogP contribution in [-0.2, 0) is 4.79 Å². The Labute approximate surface area is 92.3 Å². The fourth-order valence-electron chi connectivity index (χ4n) is 1.25. The van der Waals surface area contributed by atoms with Gasteiger partial charge in [0.2, 0.25) is 5.91 Å². The Bertz CT molecular complexity index is 245. The molecule has 0 saturated carbocycles. The van der Waals surface area contributed by atoms with Crippen molar-refractivity contribution in [2.24, 2.45) is 0 Å². The van der Waals surface area contributed by atoms with E-state index < -0.39 is 0 Å². The van der Waals surface area contributed by atoms with Crippen LogP contribution in [0.4, 0.5) is 0 Å². The third-order valence-corrected chi connectivity index (χ3v) is 2.50. The van der Waals surface area contributed by atoms with Crippen LogP contribution in [0.1, 0.15) is 34.1 Å². The molecule has 2 atom stereocenters. The topological polar surface area (TPSA) is 56.1 Å². The van der Waals surface area contributed by atoms with Crippen molar-refractivity contribution in [2.75, 3.05) is 7.05 Å². The van der Waals surface area contributed by atoms with Crippen LogP contribution < -0.4 is 5.32 Å². The lowest BCUT2D eigenvalue weighted by Gasteiger charge is -2.29. The SMILES string of the molecule is CC(C)NC(=O)C(C)N(C)C(C)CC#N. The van der Waals surface area contributed by atoms with Crippen LogP contribution in [0.5, 0.6) is 0 Å². The molecule has 0 bridgehead atoms. The third-order valence-electron chi connectivity index (χ3n) is 2.50. The molecule has 0 aromatic rings. The molecule has 1 N–H and O–H groups in total. The highest BCUT2D eigenvalue weighted by molar-refractivity contribution is 5.81. The number of nitrogens with zero attached hydrogens (tertiary/aromatic N) is 2. The van der Waals surface area contributed by atoms with Crippen molar-refractivity contribution in [3.8, 4) is 6.07 Å². The number of hydrogen-bond acceptors (Lipinski definition) is 3. The second kappa shape index (κ2) is 6.41. The zero-order valence-electron chi connectivity index (χ0n) is 10.2. The van der Waals surface area contributed by atoms with Crippen LogP contribution in [0.15, 0.2) is 0 Å². The monoisotopic (exact) mass is 211 g/mol. The third kappa shape index (κ3) is 4.80. The summed E-state index contributed by atoms with van der Waals surface area (Å²) >= 11 is 0. The average Bonchev–Trinajstić information content (AvgIpc) is 2.14. The van der Waals surface area contributed by atoms with Crippen LogP contribution >= 0.6 is 0 Å². The summed E-state index contributed by atoms with van der Waals surface area (Å²) in [6, 6.07) is 2.16. The van der Waals surface area contributed by atoms with Gasteiger partial charge in [0, 0.05) is 12.1 Å². The second-order valence-corrected chi connectivity index (χ2v) is 4.22. The lowest BCUT2D eigenvalue weighted by molar-refractivity contribution is -0.126. The minimum absolute atomic E-state index is 0.0114. The van der Waals surface area contributed by atoms with E-state index in [1.807, 2.05) is 39.6 Å². The van der Waals surface area contributed by atoms with Crippen molar-refractivity contribution >= 4 is 5.91 Å². The number of carbonyl (C=O) groups excluding carboxylic acids is 1. The van der Waals surface area contributed by atoms with Crippen molar-refractivity contribution in [3.63, 3.8) is 0 Å². The molecule has 0 fully saturated rings. The minimum Gasteiger partial charge on any atom is -0.353 e. The number of carbonyl (C=O) groups is 1. The van der Waals surface area contributed by atoms with Crippen molar-refractivity contribution in [3.05, 3.63) is 0 Å². The van der Waals surface area contributed by atoms with E-state index in [9.17, 15) is 4.79 Å². The van der Waals surface area contributed by atoms with Crippen LogP contribution in [0, 0.1) is 11.3 Å². The van der Waals surface area contributed by atoms with E-state index in [4.69, 9.17) is 5.26 Å². The maximum Gasteiger partial charge on any atom is 0.237 e. The lowest BCUT2D eigenvalue weighted by atomic mass is 10.1. The fourth-order valence-corrected chi connectivity index (χ4v) is 1.25. The van der Waals surface area contributed by atoms with E-state index in [-0.39, 0.29) is 24.0 Å². The van der Waals surface area contributed by atoms with Crippen LogP contribution in [-0.4, -0.2) is 36.0 Å². The largest absolute Gasteiger partial charge is 0.353 e. The Hall–Kier alpha value is -1.08. The molecule has 1 amide bonds. The first-order valence-corrected chi connectivity index (χ1v) is 5.29. The molecule has 0 aliphatic carbocycles. The first-order chi connectivity index (χ1) is 6.90. The summed E-state index contributed by atoms with van der Waals surface area (Å²) in [5.74, 6) is 0.0114. The van der Waals surface area contributed by atoms with E-state index in [0.717, 1.165) is 0 Å². The van der Waals surface area contributed by atoms with E-state index in [1.54, 1.807) is 0 Å². The number of nitriles is 1. The molecular formula is C11H21N3O. The Kier molecular flexibility index (Phi) is 5.95. The zero-order valence-corrected chi connectivity index (χ0v) is 10.2. The smallest absolute Gasteiger partial charge is 0.237 e. The molecule has 0 aromatic heterocycles. The molecule has 0 heterocycles. The van der Waals surface area contributed by atoms with E-state index in [0.29, 0.717) is 6.42 Å². The number of hydrogen-bond donors (Lipinski definition) is 1. The van der Waals surface area contributed by atoms with Gasteiger partial charge in [0.1, 0.15) is 0 Å². The molecular weight excluding hydrogens is 190 g/mol. The highest BCUT2D eigenvalue weighted by Crippen LogP contribution is 2.05. The quantitative estimate of drug-likeness (QED) is 0.741. The molecule has 0 aliphatic heterocycles. The van der Waals surface area contributed by atoms with Crippen molar-refractivity contribution in [1.29, 1.82) is 5.26 Å². The number of nitrogens with one attached hydrogen (secondary N) is 1. The van der Waals surface area contributed by atoms with Crippen molar-refractivity contribution in [1.82, 2.24) is 10.2 Å². The maximum absolute atomic E-state index is 11.7. The first-order valence-electron chi connectivity index (χ1n) is 5.29. The molecule has 0 radical (unpaired) electrons. The Morgan fingerprint density at radius 2 is 1.93 bits per heavy atom. The van der Waals surface area contributed by atoms with Gasteiger partial charge in [-0.05, 0) is 34.7 Å². The summed E-state index contributed by atoms with van der Waals surface area (Å²) in [4.78, 5) is 13.6. The molecule has 86 valence electrons. The Balaban J connectivity index is 4.25. The van der Waals surface area contributed by atoms with Crippen molar-refractivity contribution in [2.45, 2.75) is 52.2 Å². The first kappa shape index (κ1) is 13.9. The fraction of sp³-hybridized carbons (Fsp3) is 0.818. The predicted octanol–water partition coefficient (Wildman–Crippen LogP) is 1.13. The normalized spacial score (nSPS) is 14.8. The lowest BCUT2D eigenvalue weighted by Crippen LogP contribution is -2.48. The van der Waals surface area contributed by atoms with Gasteiger partial charge in [-0.25, -0.2) is 0 Å². The number of rotatable bonds is 5. The standard InChI is InChI=1S/C11H21N3O/c1-8(2)13-11(15)10(4)14(5)9(3)6-7-12/h8-10H,6H2,1-5H3,(H,13,15). The van der Waals surface area contributed by atoms with E-state index in [2.05, 4.69) is 11.4 Å². The van der Waals surface area contributed by atoms with Gasteiger partial charge in [-0.15, -0.1) is 0 Å². The predicted molar refractivity (Wildman–Crippen MR) is 60.2 cm³/mol. The summed E-state index contributed by atoms with van der Waals surface area (Å²) in [6.07, 6.45) is 0.440. The highest BCUT2D eigenvalue weighted by atomic mass is 16.2. The highest BCUT2D eigenvalue weighted by Gasteiger charge is 2.22. The summed E-state index contributed by atoms with van der Waals surface area (Å²) < 4.78 is 0. The summed E-state index contributed by atoms with van der Waals surface area (Å²) in [6.45, 7) is 7.67. The molecule has 0 saturated heterocycles. The van der Waals surface area contributed by atoms with Crippen LogP contribution in [0.3, 0.4) is 0 Å². The van der Waals surface area contributed by atoms with Gasteiger partial charge in [0.15, 0.2) is 0 Å². The van der Waals surface area contributed by atoms with Gasteiger partial charge in [0.05, 0.1) is 18.5 Å². The molecule has 0 spiro atoms. The molecule has 15 heavy (non-hydrogen) atoms. The molecule has 0 aromatic carbocycles. The van der Waals surface area contributed by atoms with Gasteiger partial charge in [-0.3, -0.25) is 9.69 Å². The van der Waals surface area contributed by atoms with Crippen LogP contribution in [0.25, 0.3) is 0 Å². The van der Waals surface area contributed by atoms with Gasteiger partial charge in [0.25, 0.3) is 0 Å². The van der Waals surface area contributed by atoms with Gasteiger partial charge < -0.3 is 5.32 Å². The van der Waals surface area contributed by atoms with E-state index in [1.165, 1.54) is 0 Å². The van der Waals surface area contributed by atoms with Gasteiger partial charge in [-0.2, -0.15) is 5.26 Å². The Morgan fingerprint density at radius 3 is 2.33 bits per heavy atom. The molecule has 0 rings (SSSR count). The van der Waals surface area contributed by atoms with Crippen molar-refractivity contribution < 1.29 is 4.79 Å². The summed E-state index contributed by atoms with van der Waals surface area (Å²) in [5.41, 5.74) is 0. The molecule has 4 heteroatoms.